The van der Waals surface area contributed by atoms with Crippen LogP contribution >= 0.6 is 11.6 Å². The number of hydrogen-bond donors (Lipinski definition) is 1. The SMILES string of the molecule is NC(=O)c1ccc(C(=O)N2C3=CCC2(Cl)C=C3)cc1. The zero-order valence-corrected chi connectivity index (χ0v) is 10.7. The summed E-state index contributed by atoms with van der Waals surface area (Å²) in [4.78, 5) is 24.2. The Kier molecular flexibility index (Phi) is 2.50. The van der Waals surface area contributed by atoms with E-state index in [1.807, 2.05) is 18.2 Å². The van der Waals surface area contributed by atoms with Gasteiger partial charge in [-0.05, 0) is 36.4 Å². The maximum atomic E-state index is 12.4. The molecule has 0 saturated carbocycles. The number of fused-ring (bicyclic) bond motifs is 2. The lowest BCUT2D eigenvalue weighted by Gasteiger charge is -2.27. The summed E-state index contributed by atoms with van der Waals surface area (Å²) in [7, 11) is 0. The second kappa shape index (κ2) is 3.96. The van der Waals surface area contributed by atoms with Crippen molar-refractivity contribution < 1.29 is 9.59 Å². The first-order chi connectivity index (χ1) is 9.01. The minimum Gasteiger partial charge on any atom is -0.366 e. The number of primary amides is 1. The number of alkyl halides is 1. The fraction of sp³-hybridized carbons (Fsp3) is 0.143. The van der Waals surface area contributed by atoms with E-state index >= 15 is 0 Å². The van der Waals surface area contributed by atoms with Crippen molar-refractivity contribution in [2.75, 3.05) is 0 Å². The molecule has 2 aliphatic rings. The molecule has 1 unspecified atom stereocenters. The third-order valence-corrected chi connectivity index (χ3v) is 3.81. The van der Waals surface area contributed by atoms with Gasteiger partial charge in [-0.1, -0.05) is 17.7 Å². The van der Waals surface area contributed by atoms with Crippen molar-refractivity contribution in [1.82, 2.24) is 4.90 Å². The largest absolute Gasteiger partial charge is 0.366 e. The molecule has 0 aromatic heterocycles. The van der Waals surface area contributed by atoms with Gasteiger partial charge in [0.15, 0.2) is 0 Å². The van der Waals surface area contributed by atoms with E-state index in [0.717, 1.165) is 5.70 Å². The van der Waals surface area contributed by atoms with Gasteiger partial charge in [0.2, 0.25) is 5.91 Å². The summed E-state index contributed by atoms with van der Waals surface area (Å²) in [5, 5.41) is 0. The van der Waals surface area contributed by atoms with E-state index in [4.69, 9.17) is 17.3 Å². The first-order valence-electron chi connectivity index (χ1n) is 5.84. The molecule has 2 aliphatic heterocycles. The standard InChI is InChI=1S/C14H11ClN2O2/c15-14-7-5-11(6-8-14)17(14)13(19)10-3-1-9(2-4-10)12(16)18/h1-7H,8H2,(H2,16,18). The summed E-state index contributed by atoms with van der Waals surface area (Å²) in [6.07, 6.45) is 6.21. The highest BCUT2D eigenvalue weighted by atomic mass is 35.5. The molecule has 1 aromatic carbocycles. The van der Waals surface area contributed by atoms with Crippen molar-refractivity contribution in [2.24, 2.45) is 5.73 Å². The van der Waals surface area contributed by atoms with Gasteiger partial charge < -0.3 is 5.73 Å². The molecule has 2 bridgehead atoms. The normalized spacial score (nSPS) is 23.6. The van der Waals surface area contributed by atoms with E-state index in [-0.39, 0.29) is 5.91 Å². The van der Waals surface area contributed by atoms with Gasteiger partial charge in [-0.15, -0.1) is 0 Å². The Morgan fingerprint density at radius 3 is 2.26 bits per heavy atom. The van der Waals surface area contributed by atoms with Gasteiger partial charge in [-0.2, -0.15) is 0 Å². The van der Waals surface area contributed by atoms with E-state index < -0.39 is 10.9 Å². The van der Waals surface area contributed by atoms with Crippen molar-refractivity contribution in [3.05, 3.63) is 59.3 Å². The van der Waals surface area contributed by atoms with Gasteiger partial charge in [0, 0.05) is 23.2 Å². The zero-order valence-electron chi connectivity index (χ0n) is 9.97. The number of rotatable bonds is 2. The maximum Gasteiger partial charge on any atom is 0.260 e. The average molecular weight is 275 g/mol. The molecule has 0 spiro atoms. The Morgan fingerprint density at radius 2 is 1.84 bits per heavy atom. The number of amides is 2. The predicted octanol–water partition coefficient (Wildman–Crippen LogP) is 2.02. The molecular weight excluding hydrogens is 264 g/mol. The lowest BCUT2D eigenvalue weighted by atomic mass is 10.1. The Bertz CT molecular complexity index is 633. The van der Waals surface area contributed by atoms with Gasteiger partial charge in [-0.3, -0.25) is 14.5 Å². The van der Waals surface area contributed by atoms with Crippen LogP contribution in [0.1, 0.15) is 27.1 Å². The first kappa shape index (κ1) is 12.0. The Labute approximate surface area is 115 Å². The van der Waals surface area contributed by atoms with E-state index in [0.29, 0.717) is 17.5 Å². The van der Waals surface area contributed by atoms with Crippen molar-refractivity contribution in [1.29, 1.82) is 0 Å². The number of nitrogens with two attached hydrogens (primary N) is 1. The molecule has 1 aromatic rings. The molecule has 0 fully saturated rings. The van der Waals surface area contributed by atoms with Crippen LogP contribution in [-0.4, -0.2) is 21.7 Å². The minimum absolute atomic E-state index is 0.181. The summed E-state index contributed by atoms with van der Waals surface area (Å²) in [6, 6.07) is 6.24. The maximum absolute atomic E-state index is 12.4. The van der Waals surface area contributed by atoms with Crippen molar-refractivity contribution >= 4 is 23.4 Å². The summed E-state index contributed by atoms with van der Waals surface area (Å²) in [5.74, 6) is -0.696. The third-order valence-electron chi connectivity index (χ3n) is 3.36. The van der Waals surface area contributed by atoms with Gasteiger partial charge in [-0.25, -0.2) is 0 Å². The molecule has 19 heavy (non-hydrogen) atoms. The number of allylic oxidation sites excluding steroid dienone is 1. The molecule has 2 N–H and O–H groups in total. The second-order valence-electron chi connectivity index (χ2n) is 4.57. The van der Waals surface area contributed by atoms with Crippen LogP contribution in [0.5, 0.6) is 0 Å². The van der Waals surface area contributed by atoms with Gasteiger partial charge in [0.1, 0.15) is 5.00 Å². The number of carbonyl (C=O) groups excluding carboxylic acids is 2. The van der Waals surface area contributed by atoms with Crippen molar-refractivity contribution in [3.63, 3.8) is 0 Å². The number of benzene rings is 1. The van der Waals surface area contributed by atoms with Crippen molar-refractivity contribution in [3.8, 4) is 0 Å². The lowest BCUT2D eigenvalue weighted by Crippen LogP contribution is -2.38. The van der Waals surface area contributed by atoms with Crippen LogP contribution in [0.2, 0.25) is 0 Å². The fourth-order valence-corrected chi connectivity index (χ4v) is 2.65. The zero-order chi connectivity index (χ0) is 13.6. The van der Waals surface area contributed by atoms with Crippen LogP contribution in [0.15, 0.2) is 48.2 Å². The Hall–Kier alpha value is -2.07. The summed E-state index contributed by atoms with van der Waals surface area (Å²) in [6.45, 7) is 0. The topological polar surface area (TPSA) is 63.4 Å². The minimum atomic E-state index is -0.769. The van der Waals surface area contributed by atoms with Gasteiger partial charge >= 0.3 is 0 Å². The highest BCUT2D eigenvalue weighted by Gasteiger charge is 2.45. The Balaban J connectivity index is 1.90. The van der Waals surface area contributed by atoms with Crippen LogP contribution in [0.3, 0.4) is 0 Å². The molecule has 0 radical (unpaired) electrons. The quantitative estimate of drug-likeness (QED) is 0.662. The monoisotopic (exact) mass is 274 g/mol. The van der Waals surface area contributed by atoms with Crippen LogP contribution in [0, 0.1) is 0 Å². The molecule has 2 heterocycles. The van der Waals surface area contributed by atoms with Crippen LogP contribution in [0.25, 0.3) is 0 Å². The predicted molar refractivity (Wildman–Crippen MR) is 71.6 cm³/mol. The molecule has 1 atom stereocenters. The molecule has 5 heteroatoms. The molecule has 0 saturated heterocycles. The van der Waals surface area contributed by atoms with E-state index in [2.05, 4.69) is 0 Å². The van der Waals surface area contributed by atoms with Crippen molar-refractivity contribution in [2.45, 2.75) is 11.4 Å². The number of halogens is 1. The molecular formula is C14H11ClN2O2. The highest BCUT2D eigenvalue weighted by Crippen LogP contribution is 2.43. The second-order valence-corrected chi connectivity index (χ2v) is 5.22. The van der Waals surface area contributed by atoms with E-state index in [1.54, 1.807) is 17.0 Å². The molecule has 2 amide bonds. The Morgan fingerprint density at radius 1 is 1.21 bits per heavy atom. The number of nitrogens with zero attached hydrogens (tertiary/aromatic N) is 1. The number of hydrogen-bond acceptors (Lipinski definition) is 2. The average Bonchev–Trinajstić information content (AvgIpc) is 2.90. The van der Waals surface area contributed by atoms with Crippen LogP contribution < -0.4 is 5.73 Å². The summed E-state index contributed by atoms with van der Waals surface area (Å²) >= 11 is 6.38. The van der Waals surface area contributed by atoms with Gasteiger partial charge in [0.05, 0.1) is 0 Å². The summed E-state index contributed by atoms with van der Waals surface area (Å²) < 4.78 is 0. The highest BCUT2D eigenvalue weighted by molar-refractivity contribution is 6.27. The van der Waals surface area contributed by atoms with E-state index in [9.17, 15) is 9.59 Å². The van der Waals surface area contributed by atoms with Crippen LogP contribution in [0.4, 0.5) is 0 Å². The molecule has 0 aliphatic carbocycles. The number of carbonyl (C=O) groups is 2. The lowest BCUT2D eigenvalue weighted by molar-refractivity contribution is 0.0782. The van der Waals surface area contributed by atoms with E-state index in [1.165, 1.54) is 12.1 Å². The van der Waals surface area contributed by atoms with Crippen LogP contribution in [-0.2, 0) is 0 Å². The molecule has 96 valence electrons. The molecule has 3 rings (SSSR count). The summed E-state index contributed by atoms with van der Waals surface area (Å²) in [5.41, 5.74) is 6.83. The third kappa shape index (κ3) is 1.76. The smallest absolute Gasteiger partial charge is 0.260 e. The van der Waals surface area contributed by atoms with Gasteiger partial charge in [0.25, 0.3) is 5.91 Å². The fourth-order valence-electron chi connectivity index (χ4n) is 2.34. The molecule has 4 nitrogen and oxygen atoms in total. The first-order valence-corrected chi connectivity index (χ1v) is 6.22.